The second kappa shape index (κ2) is 5.59. The van der Waals surface area contributed by atoms with E-state index in [0.29, 0.717) is 0 Å². The number of nitrogens with one attached hydrogen (secondary N) is 1. The first-order valence-electron chi connectivity index (χ1n) is 6.22. The van der Waals surface area contributed by atoms with E-state index in [1.165, 1.54) is 15.3 Å². The second-order valence-corrected chi connectivity index (χ2v) is 5.73. The highest BCUT2D eigenvalue weighted by Gasteiger charge is 2.18. The lowest BCUT2D eigenvalue weighted by Gasteiger charge is -2.17. The van der Waals surface area contributed by atoms with E-state index in [9.17, 15) is 0 Å². The summed E-state index contributed by atoms with van der Waals surface area (Å²) in [4.78, 5) is 2.67. The monoisotopic (exact) mass is 261 g/mol. The van der Waals surface area contributed by atoms with Crippen molar-refractivity contribution in [3.63, 3.8) is 0 Å². The Balaban J connectivity index is 2.47. The van der Waals surface area contributed by atoms with Gasteiger partial charge in [0.1, 0.15) is 0 Å². The molecule has 4 heteroatoms. The molecule has 0 amide bonds. The van der Waals surface area contributed by atoms with E-state index in [4.69, 9.17) is 0 Å². The van der Waals surface area contributed by atoms with E-state index < -0.39 is 0 Å². The largest absolute Gasteiger partial charge is 0.309 e. The minimum atomic E-state index is 0.216. The third-order valence-corrected chi connectivity index (χ3v) is 4.07. The Morgan fingerprint density at radius 3 is 2.61 bits per heavy atom. The van der Waals surface area contributed by atoms with Crippen molar-refractivity contribution in [3.8, 4) is 0 Å². The van der Waals surface area contributed by atoms with E-state index in [-0.39, 0.29) is 6.04 Å². The molecule has 2 rings (SSSR count). The van der Waals surface area contributed by atoms with Gasteiger partial charge in [-0.15, -0.1) is 11.3 Å². The molecule has 1 atom stereocenters. The van der Waals surface area contributed by atoms with E-state index in [1.54, 1.807) is 0 Å². The van der Waals surface area contributed by atoms with Gasteiger partial charge in [0, 0.05) is 9.75 Å². The summed E-state index contributed by atoms with van der Waals surface area (Å²) in [6.45, 7) is 6.25. The second-order valence-electron chi connectivity index (χ2n) is 4.41. The van der Waals surface area contributed by atoms with Gasteiger partial charge in [0.25, 0.3) is 0 Å². The van der Waals surface area contributed by atoms with Crippen molar-refractivity contribution in [1.29, 1.82) is 0 Å². The summed E-state index contributed by atoms with van der Waals surface area (Å²) in [5.74, 6) is 0. The van der Waals surface area contributed by atoms with Gasteiger partial charge >= 0.3 is 0 Å². The summed E-state index contributed by atoms with van der Waals surface area (Å²) in [6, 6.07) is 6.71. The molecule has 0 radical (unpaired) electrons. The van der Waals surface area contributed by atoms with Gasteiger partial charge < -0.3 is 5.32 Å². The molecule has 0 saturated heterocycles. The molecule has 0 saturated carbocycles. The Bertz CT molecular complexity index is 534. The highest BCUT2D eigenvalue weighted by Crippen LogP contribution is 2.29. The molecule has 3 nitrogen and oxygen atoms in total. The van der Waals surface area contributed by atoms with Crippen molar-refractivity contribution in [1.82, 2.24) is 15.5 Å². The summed E-state index contributed by atoms with van der Waals surface area (Å²) in [6.07, 6.45) is 0.908. The number of hydrogen-bond donors (Lipinski definition) is 1. The van der Waals surface area contributed by atoms with Crippen LogP contribution in [0.4, 0.5) is 0 Å². The molecule has 0 aliphatic rings. The molecule has 0 bridgehead atoms. The third-order valence-electron chi connectivity index (χ3n) is 3.01. The first kappa shape index (κ1) is 13.2. The lowest BCUT2D eigenvalue weighted by Crippen LogP contribution is -2.19. The van der Waals surface area contributed by atoms with Crippen LogP contribution in [0, 0.1) is 13.8 Å². The van der Waals surface area contributed by atoms with Crippen LogP contribution in [0.15, 0.2) is 18.2 Å². The van der Waals surface area contributed by atoms with Crippen LogP contribution in [0.25, 0.3) is 0 Å². The fourth-order valence-corrected chi connectivity index (χ4v) is 3.13. The molecule has 2 aromatic rings. The van der Waals surface area contributed by atoms with E-state index in [2.05, 4.69) is 47.6 Å². The van der Waals surface area contributed by atoms with Crippen LogP contribution in [0.3, 0.4) is 0 Å². The number of thiophene rings is 1. The van der Waals surface area contributed by atoms with Crippen molar-refractivity contribution in [2.45, 2.75) is 33.2 Å². The van der Waals surface area contributed by atoms with Crippen molar-refractivity contribution in [3.05, 3.63) is 44.9 Å². The first-order valence-corrected chi connectivity index (χ1v) is 7.04. The minimum Gasteiger partial charge on any atom is -0.309 e. The molecule has 0 aliphatic carbocycles. The summed E-state index contributed by atoms with van der Waals surface area (Å²) in [7, 11) is 1.99. The summed E-state index contributed by atoms with van der Waals surface area (Å²) in [5, 5.41) is 11.9. The Labute approximate surface area is 112 Å². The topological polar surface area (TPSA) is 37.8 Å². The quantitative estimate of drug-likeness (QED) is 0.919. The molecule has 2 heterocycles. The predicted molar refractivity (Wildman–Crippen MR) is 76.1 cm³/mol. The number of aromatic nitrogens is 2. The van der Waals surface area contributed by atoms with Crippen LogP contribution in [-0.2, 0) is 6.42 Å². The molecule has 18 heavy (non-hydrogen) atoms. The molecular weight excluding hydrogens is 242 g/mol. The predicted octanol–water partition coefficient (Wildman–Crippen LogP) is 3.03. The molecule has 1 N–H and O–H groups in total. The number of nitrogens with zero attached hydrogens (tertiary/aromatic N) is 2. The highest BCUT2D eigenvalue weighted by atomic mass is 32.1. The highest BCUT2D eigenvalue weighted by molar-refractivity contribution is 7.12. The maximum atomic E-state index is 4.31. The molecule has 1 unspecified atom stereocenters. The van der Waals surface area contributed by atoms with Gasteiger partial charge in [0.2, 0.25) is 0 Å². The molecule has 0 aromatic carbocycles. The fraction of sp³-hybridized carbons (Fsp3) is 0.429. The molecule has 2 aromatic heterocycles. The maximum Gasteiger partial charge on any atom is 0.0687 e. The van der Waals surface area contributed by atoms with Crippen LogP contribution in [0.5, 0.6) is 0 Å². The van der Waals surface area contributed by atoms with Gasteiger partial charge in [-0.2, -0.15) is 10.2 Å². The van der Waals surface area contributed by atoms with E-state index in [0.717, 1.165) is 17.8 Å². The summed E-state index contributed by atoms with van der Waals surface area (Å²) >= 11 is 1.83. The number of aryl methyl sites for hydroxylation is 3. The Hall–Kier alpha value is -1.26. The zero-order valence-corrected chi connectivity index (χ0v) is 12.1. The van der Waals surface area contributed by atoms with E-state index >= 15 is 0 Å². The van der Waals surface area contributed by atoms with Gasteiger partial charge in [-0.1, -0.05) is 6.92 Å². The number of rotatable bonds is 4. The average molecular weight is 261 g/mol. The molecular formula is C14H19N3S. The lowest BCUT2D eigenvalue weighted by molar-refractivity contribution is 0.679. The van der Waals surface area contributed by atoms with Gasteiger partial charge in [-0.25, -0.2) is 0 Å². The first-order chi connectivity index (χ1) is 8.65. The van der Waals surface area contributed by atoms with Gasteiger partial charge in [0.15, 0.2) is 0 Å². The van der Waals surface area contributed by atoms with Crippen LogP contribution < -0.4 is 5.32 Å². The van der Waals surface area contributed by atoms with Crippen LogP contribution in [-0.4, -0.2) is 17.2 Å². The van der Waals surface area contributed by atoms with Crippen molar-refractivity contribution in [2.24, 2.45) is 0 Å². The van der Waals surface area contributed by atoms with Crippen LogP contribution in [0.1, 0.15) is 39.7 Å². The lowest BCUT2D eigenvalue weighted by atomic mass is 10.0. The van der Waals surface area contributed by atoms with Crippen LogP contribution >= 0.6 is 11.3 Å². The van der Waals surface area contributed by atoms with Crippen molar-refractivity contribution in [2.75, 3.05) is 7.05 Å². The molecule has 0 fully saturated rings. The average Bonchev–Trinajstić information content (AvgIpc) is 2.77. The fourth-order valence-electron chi connectivity index (χ4n) is 2.12. The Kier molecular flexibility index (Phi) is 4.09. The molecule has 0 spiro atoms. The SMILES string of the molecule is CCc1nnc(C)cc1C(NC)c1ccc(C)s1. The standard InChI is InChI=1S/C14H19N3S/c1-5-12-11(8-9(2)16-17-12)14(15-4)13-7-6-10(3)18-13/h6-8,14-15H,5H2,1-4H3. The normalized spacial score (nSPS) is 12.7. The Morgan fingerprint density at radius 2 is 2.06 bits per heavy atom. The van der Waals surface area contributed by atoms with E-state index in [1.807, 2.05) is 25.3 Å². The maximum absolute atomic E-state index is 4.31. The van der Waals surface area contributed by atoms with Gasteiger partial charge in [-0.3, -0.25) is 0 Å². The molecule has 0 aliphatic heterocycles. The zero-order valence-electron chi connectivity index (χ0n) is 11.3. The smallest absolute Gasteiger partial charge is 0.0687 e. The third kappa shape index (κ3) is 2.60. The Morgan fingerprint density at radius 1 is 1.28 bits per heavy atom. The van der Waals surface area contributed by atoms with Crippen molar-refractivity contribution < 1.29 is 0 Å². The van der Waals surface area contributed by atoms with Gasteiger partial charge in [0.05, 0.1) is 17.4 Å². The van der Waals surface area contributed by atoms with Gasteiger partial charge in [-0.05, 0) is 51.1 Å². The van der Waals surface area contributed by atoms with Crippen molar-refractivity contribution >= 4 is 11.3 Å². The summed E-state index contributed by atoms with van der Waals surface area (Å²) in [5.41, 5.74) is 3.29. The zero-order chi connectivity index (χ0) is 13.1. The minimum absolute atomic E-state index is 0.216. The number of hydrogen-bond acceptors (Lipinski definition) is 4. The summed E-state index contributed by atoms with van der Waals surface area (Å²) < 4.78 is 0. The van der Waals surface area contributed by atoms with Crippen LogP contribution in [0.2, 0.25) is 0 Å². The molecule has 96 valence electrons.